The van der Waals surface area contributed by atoms with E-state index in [0.717, 1.165) is 11.1 Å². The van der Waals surface area contributed by atoms with Crippen LogP contribution >= 0.6 is 0 Å². The number of ether oxygens (including phenoxy) is 1. The van der Waals surface area contributed by atoms with Gasteiger partial charge in [0.15, 0.2) is 0 Å². The standard InChI is InChI=1S/C31H42N4O7/c1-18(2)13-26(31(41)42-3)35-30(40)25(15-19-7-5-4-6-8-19)34-28(38)23-16-22(23)27(37)17-33-29(39)24(32)14-20-9-11-21(36)12-10-20/h4-12,18,22-27,36-37H,13-17,32H2,1-3H3,(H,33,39)(H,34,38)(H,35,40)/t22-,23+,24+,25+,26+,27-/m1/s1. The molecule has 6 atom stereocenters. The number of aromatic hydroxyl groups is 1. The van der Waals surface area contributed by atoms with E-state index in [2.05, 4.69) is 16.0 Å². The third-order valence-electron chi connectivity index (χ3n) is 7.31. The van der Waals surface area contributed by atoms with Gasteiger partial charge in [0.2, 0.25) is 17.7 Å². The number of phenols is 1. The average molecular weight is 583 g/mol. The molecule has 0 aliphatic heterocycles. The minimum Gasteiger partial charge on any atom is -0.508 e. The Bertz CT molecular complexity index is 1210. The number of rotatable bonds is 15. The van der Waals surface area contributed by atoms with Crippen molar-refractivity contribution in [3.05, 3.63) is 65.7 Å². The maximum atomic E-state index is 13.3. The molecule has 42 heavy (non-hydrogen) atoms. The van der Waals surface area contributed by atoms with Gasteiger partial charge in [-0.3, -0.25) is 14.4 Å². The molecular formula is C31H42N4O7. The molecule has 0 unspecified atom stereocenters. The van der Waals surface area contributed by atoms with Gasteiger partial charge in [-0.25, -0.2) is 4.79 Å². The van der Waals surface area contributed by atoms with E-state index in [0.29, 0.717) is 12.8 Å². The second kappa shape index (κ2) is 15.3. The number of aliphatic hydroxyl groups excluding tert-OH is 1. The first-order valence-electron chi connectivity index (χ1n) is 14.2. The predicted octanol–water partition coefficient (Wildman–Crippen LogP) is 0.807. The van der Waals surface area contributed by atoms with Gasteiger partial charge in [-0.2, -0.15) is 0 Å². The van der Waals surface area contributed by atoms with E-state index in [4.69, 9.17) is 10.5 Å². The molecule has 1 saturated carbocycles. The van der Waals surface area contributed by atoms with Crippen molar-refractivity contribution < 1.29 is 34.1 Å². The molecule has 7 N–H and O–H groups in total. The highest BCUT2D eigenvalue weighted by Crippen LogP contribution is 2.41. The molecule has 228 valence electrons. The topological polar surface area (TPSA) is 180 Å². The first kappa shape index (κ1) is 32.6. The van der Waals surface area contributed by atoms with Crippen LogP contribution in [0.15, 0.2) is 54.6 Å². The lowest BCUT2D eigenvalue weighted by Crippen LogP contribution is -2.53. The van der Waals surface area contributed by atoms with Gasteiger partial charge in [0.25, 0.3) is 0 Å². The van der Waals surface area contributed by atoms with Gasteiger partial charge in [-0.05, 0) is 54.4 Å². The molecule has 1 aliphatic carbocycles. The number of methoxy groups -OCH3 is 1. The molecule has 3 rings (SSSR count). The maximum absolute atomic E-state index is 13.3. The Labute approximate surface area is 246 Å². The maximum Gasteiger partial charge on any atom is 0.328 e. The van der Waals surface area contributed by atoms with Crippen LogP contribution in [0.3, 0.4) is 0 Å². The lowest BCUT2D eigenvalue weighted by molar-refractivity contribution is -0.145. The molecular weight excluding hydrogens is 540 g/mol. The lowest BCUT2D eigenvalue weighted by atomic mass is 10.0. The fraction of sp³-hybridized carbons (Fsp3) is 0.484. The molecule has 0 saturated heterocycles. The number of phenolic OH excluding ortho intramolecular Hbond substituents is 1. The fourth-order valence-electron chi connectivity index (χ4n) is 4.85. The summed E-state index contributed by atoms with van der Waals surface area (Å²) in [4.78, 5) is 51.1. The predicted molar refractivity (Wildman–Crippen MR) is 156 cm³/mol. The molecule has 1 fully saturated rings. The zero-order valence-electron chi connectivity index (χ0n) is 24.3. The van der Waals surface area contributed by atoms with Crippen molar-refractivity contribution in [2.75, 3.05) is 13.7 Å². The van der Waals surface area contributed by atoms with Crippen LogP contribution in [0.2, 0.25) is 0 Å². The second-order valence-electron chi connectivity index (χ2n) is 11.3. The summed E-state index contributed by atoms with van der Waals surface area (Å²) in [5, 5.41) is 28.2. The zero-order valence-corrected chi connectivity index (χ0v) is 24.3. The summed E-state index contributed by atoms with van der Waals surface area (Å²) in [6, 6.07) is 12.9. The van der Waals surface area contributed by atoms with Crippen LogP contribution < -0.4 is 21.7 Å². The molecule has 11 heteroatoms. The van der Waals surface area contributed by atoms with Crippen molar-refractivity contribution >= 4 is 23.7 Å². The Morgan fingerprint density at radius 2 is 1.57 bits per heavy atom. The number of nitrogens with two attached hydrogens (primary N) is 1. The summed E-state index contributed by atoms with van der Waals surface area (Å²) in [7, 11) is 1.26. The fourth-order valence-corrected chi connectivity index (χ4v) is 4.85. The highest BCUT2D eigenvalue weighted by molar-refractivity contribution is 5.92. The largest absolute Gasteiger partial charge is 0.508 e. The van der Waals surface area contributed by atoms with Crippen molar-refractivity contribution in [3.63, 3.8) is 0 Å². The molecule has 0 spiro atoms. The molecule has 3 amide bonds. The minimum atomic E-state index is -0.971. The average Bonchev–Trinajstić information content (AvgIpc) is 3.77. The van der Waals surface area contributed by atoms with Crippen LogP contribution in [-0.2, 0) is 36.8 Å². The summed E-state index contributed by atoms with van der Waals surface area (Å²) >= 11 is 0. The number of hydrogen-bond donors (Lipinski definition) is 6. The van der Waals surface area contributed by atoms with Crippen molar-refractivity contribution in [2.24, 2.45) is 23.5 Å². The molecule has 0 heterocycles. The summed E-state index contributed by atoms with van der Waals surface area (Å²) < 4.78 is 4.85. The third-order valence-corrected chi connectivity index (χ3v) is 7.31. The van der Waals surface area contributed by atoms with Gasteiger partial charge in [-0.1, -0.05) is 56.3 Å². The van der Waals surface area contributed by atoms with Gasteiger partial charge >= 0.3 is 5.97 Å². The Balaban J connectivity index is 1.55. The number of hydrogen-bond acceptors (Lipinski definition) is 8. The minimum absolute atomic E-state index is 0.0689. The van der Waals surface area contributed by atoms with Crippen molar-refractivity contribution in [2.45, 2.75) is 63.8 Å². The van der Waals surface area contributed by atoms with Gasteiger partial charge in [0, 0.05) is 18.9 Å². The van der Waals surface area contributed by atoms with Crippen molar-refractivity contribution in [3.8, 4) is 5.75 Å². The highest BCUT2D eigenvalue weighted by atomic mass is 16.5. The Hall–Kier alpha value is -3.96. The number of carbonyl (C=O) groups is 4. The zero-order chi connectivity index (χ0) is 30.8. The van der Waals surface area contributed by atoms with Crippen LogP contribution in [0.4, 0.5) is 0 Å². The molecule has 1 aliphatic rings. The number of amides is 3. The Morgan fingerprint density at radius 1 is 0.929 bits per heavy atom. The van der Waals surface area contributed by atoms with Gasteiger partial charge < -0.3 is 36.6 Å². The van der Waals surface area contributed by atoms with Crippen LogP contribution in [0.5, 0.6) is 5.75 Å². The van der Waals surface area contributed by atoms with E-state index < -0.39 is 47.9 Å². The van der Waals surface area contributed by atoms with Crippen LogP contribution in [-0.4, -0.2) is 71.8 Å². The highest BCUT2D eigenvalue weighted by Gasteiger charge is 2.48. The van der Waals surface area contributed by atoms with Crippen molar-refractivity contribution in [1.29, 1.82) is 0 Å². The summed E-state index contributed by atoms with van der Waals surface area (Å²) in [5.74, 6) is -2.56. The summed E-state index contributed by atoms with van der Waals surface area (Å²) in [6.45, 7) is 3.78. The molecule has 11 nitrogen and oxygen atoms in total. The Kier molecular flexibility index (Phi) is 11.9. The first-order chi connectivity index (χ1) is 20.0. The first-order valence-corrected chi connectivity index (χ1v) is 14.2. The number of carbonyl (C=O) groups excluding carboxylic acids is 4. The quantitative estimate of drug-likeness (QED) is 0.167. The van der Waals surface area contributed by atoms with E-state index in [1.165, 1.54) is 19.2 Å². The molecule has 2 aromatic rings. The van der Waals surface area contributed by atoms with Crippen LogP contribution in [0.25, 0.3) is 0 Å². The van der Waals surface area contributed by atoms with E-state index in [1.54, 1.807) is 12.1 Å². The molecule has 0 bridgehead atoms. The van der Waals surface area contributed by atoms with E-state index in [9.17, 15) is 29.4 Å². The van der Waals surface area contributed by atoms with Crippen LogP contribution in [0.1, 0.15) is 37.8 Å². The summed E-state index contributed by atoms with van der Waals surface area (Å²) in [5.41, 5.74) is 7.60. The van der Waals surface area contributed by atoms with Crippen LogP contribution in [0, 0.1) is 17.8 Å². The van der Waals surface area contributed by atoms with E-state index >= 15 is 0 Å². The second-order valence-corrected chi connectivity index (χ2v) is 11.3. The number of nitrogens with one attached hydrogen (secondary N) is 3. The number of benzene rings is 2. The number of esters is 1. The Morgan fingerprint density at radius 3 is 2.19 bits per heavy atom. The molecule has 0 aromatic heterocycles. The van der Waals surface area contributed by atoms with Crippen molar-refractivity contribution in [1.82, 2.24) is 16.0 Å². The van der Waals surface area contributed by atoms with E-state index in [1.807, 2.05) is 44.2 Å². The molecule has 2 aromatic carbocycles. The van der Waals surface area contributed by atoms with Gasteiger partial charge in [0.05, 0.1) is 19.3 Å². The normalized spacial score (nSPS) is 18.7. The van der Waals surface area contributed by atoms with Gasteiger partial charge in [-0.15, -0.1) is 0 Å². The third kappa shape index (κ3) is 9.85. The summed E-state index contributed by atoms with van der Waals surface area (Å²) in [6.07, 6.45) is 0.284. The molecule has 0 radical (unpaired) electrons. The van der Waals surface area contributed by atoms with Gasteiger partial charge in [0.1, 0.15) is 17.8 Å². The SMILES string of the molecule is COC(=O)[C@H](CC(C)C)NC(=O)[C@H](Cc1ccccc1)NC(=O)[C@H]1C[C@H]1[C@H](O)CNC(=O)[C@@H](N)Cc1ccc(O)cc1. The number of aliphatic hydroxyl groups is 1. The van der Waals surface area contributed by atoms with E-state index in [-0.39, 0.29) is 42.9 Å². The monoisotopic (exact) mass is 582 g/mol. The lowest BCUT2D eigenvalue weighted by Gasteiger charge is -2.23. The smallest absolute Gasteiger partial charge is 0.328 e.